The molecule has 0 spiro atoms. The Morgan fingerprint density at radius 3 is 2.60 bits per heavy atom. The quantitative estimate of drug-likeness (QED) is 0.845. The Morgan fingerprint density at radius 2 is 1.84 bits per heavy atom. The first kappa shape index (κ1) is 15.5. The summed E-state index contributed by atoms with van der Waals surface area (Å²) >= 11 is 0. The van der Waals surface area contributed by atoms with E-state index in [1.54, 1.807) is 24.3 Å². The largest absolute Gasteiger partial charge is 0.486 e. The average Bonchev–Trinajstić information content (AvgIpc) is 3.17. The van der Waals surface area contributed by atoms with Gasteiger partial charge in [0.1, 0.15) is 13.2 Å². The number of carbonyl (C=O) groups excluding carboxylic acids is 1. The van der Waals surface area contributed by atoms with Crippen LogP contribution in [0.2, 0.25) is 0 Å². The molecule has 2 aliphatic rings. The van der Waals surface area contributed by atoms with Crippen molar-refractivity contribution in [2.24, 2.45) is 0 Å². The van der Waals surface area contributed by atoms with Crippen LogP contribution in [0.15, 0.2) is 42.5 Å². The van der Waals surface area contributed by atoms with Gasteiger partial charge in [-0.2, -0.15) is 5.26 Å². The first-order chi connectivity index (χ1) is 12.3. The maximum atomic E-state index is 12.9. The van der Waals surface area contributed by atoms with Gasteiger partial charge in [0.2, 0.25) is 0 Å². The molecule has 126 valence electrons. The normalized spacial score (nSPS) is 18.7. The molecule has 1 saturated heterocycles. The van der Waals surface area contributed by atoms with Crippen LogP contribution in [-0.2, 0) is 0 Å². The van der Waals surface area contributed by atoms with Crippen LogP contribution in [0, 0.1) is 11.3 Å². The zero-order valence-electron chi connectivity index (χ0n) is 13.8. The van der Waals surface area contributed by atoms with Crippen molar-refractivity contribution in [2.75, 3.05) is 19.8 Å². The first-order valence-corrected chi connectivity index (χ1v) is 8.47. The van der Waals surface area contributed by atoms with Crippen molar-refractivity contribution >= 4 is 5.91 Å². The molecule has 2 aromatic carbocycles. The number of amides is 1. The number of likely N-dealkylation sites (tertiary alicyclic amines) is 1. The lowest BCUT2D eigenvalue weighted by atomic mass is 10.0. The van der Waals surface area contributed by atoms with Gasteiger partial charge in [-0.25, -0.2) is 0 Å². The van der Waals surface area contributed by atoms with E-state index in [-0.39, 0.29) is 11.9 Å². The zero-order valence-corrected chi connectivity index (χ0v) is 13.8. The monoisotopic (exact) mass is 334 g/mol. The van der Waals surface area contributed by atoms with Crippen LogP contribution in [0.1, 0.15) is 40.4 Å². The molecular weight excluding hydrogens is 316 g/mol. The molecule has 0 aliphatic carbocycles. The Bertz CT molecular complexity index is 839. The van der Waals surface area contributed by atoms with Crippen LogP contribution < -0.4 is 9.47 Å². The Balaban J connectivity index is 1.59. The van der Waals surface area contributed by atoms with Crippen LogP contribution in [0.5, 0.6) is 11.5 Å². The third-order valence-electron chi connectivity index (χ3n) is 4.73. The maximum absolute atomic E-state index is 12.9. The zero-order chi connectivity index (χ0) is 17.2. The topological polar surface area (TPSA) is 62.6 Å². The molecule has 4 rings (SSSR count). The van der Waals surface area contributed by atoms with E-state index < -0.39 is 0 Å². The van der Waals surface area contributed by atoms with E-state index in [0.717, 1.165) is 36.4 Å². The van der Waals surface area contributed by atoms with Crippen molar-refractivity contribution in [2.45, 2.75) is 18.9 Å². The predicted octanol–water partition coefficient (Wildman–Crippen LogP) is 3.31. The maximum Gasteiger partial charge on any atom is 0.254 e. The minimum absolute atomic E-state index is 0.00174. The van der Waals surface area contributed by atoms with Gasteiger partial charge >= 0.3 is 0 Å². The van der Waals surface area contributed by atoms with Gasteiger partial charge in [-0.15, -0.1) is 0 Å². The summed E-state index contributed by atoms with van der Waals surface area (Å²) in [6.45, 7) is 1.85. The Hall–Kier alpha value is -3.00. The summed E-state index contributed by atoms with van der Waals surface area (Å²) < 4.78 is 11.2. The van der Waals surface area contributed by atoms with E-state index in [1.807, 2.05) is 23.1 Å². The Labute approximate surface area is 146 Å². The van der Waals surface area contributed by atoms with Crippen LogP contribution in [0.3, 0.4) is 0 Å². The van der Waals surface area contributed by atoms with Gasteiger partial charge in [-0.05, 0) is 54.8 Å². The summed E-state index contributed by atoms with van der Waals surface area (Å²) in [6, 6.07) is 14.9. The molecule has 5 heteroatoms. The second-order valence-electron chi connectivity index (χ2n) is 6.25. The van der Waals surface area contributed by atoms with Crippen molar-refractivity contribution in [1.82, 2.24) is 4.90 Å². The standard InChI is InChI=1S/C20H18N2O3/c21-13-14-3-5-15(6-4-14)20(23)22-9-1-2-17(22)16-7-8-18-19(12-16)25-11-10-24-18/h3-8,12,17H,1-2,9-11H2/t17-/m0/s1. The van der Waals surface area contributed by atoms with E-state index >= 15 is 0 Å². The lowest BCUT2D eigenvalue weighted by Crippen LogP contribution is -2.30. The Kier molecular flexibility index (Phi) is 4.02. The number of rotatable bonds is 2. The number of fused-ring (bicyclic) bond motifs is 1. The van der Waals surface area contributed by atoms with E-state index in [2.05, 4.69) is 6.07 Å². The fraction of sp³-hybridized carbons (Fsp3) is 0.300. The molecule has 5 nitrogen and oxygen atoms in total. The number of carbonyl (C=O) groups is 1. The number of benzene rings is 2. The molecule has 0 N–H and O–H groups in total. The van der Waals surface area contributed by atoms with Crippen LogP contribution >= 0.6 is 0 Å². The molecule has 0 saturated carbocycles. The number of nitriles is 1. The smallest absolute Gasteiger partial charge is 0.254 e. The SMILES string of the molecule is N#Cc1ccc(C(=O)N2CCC[C@H]2c2ccc3c(c2)OCCO3)cc1. The summed E-state index contributed by atoms with van der Waals surface area (Å²) in [5.41, 5.74) is 2.24. The Morgan fingerprint density at radius 1 is 1.08 bits per heavy atom. The van der Waals surface area contributed by atoms with Crippen molar-refractivity contribution in [1.29, 1.82) is 5.26 Å². The van der Waals surface area contributed by atoms with E-state index in [1.165, 1.54) is 0 Å². The summed E-state index contributed by atoms with van der Waals surface area (Å²) in [6.07, 6.45) is 1.91. The van der Waals surface area contributed by atoms with E-state index in [0.29, 0.717) is 24.3 Å². The van der Waals surface area contributed by atoms with Crippen LogP contribution in [-0.4, -0.2) is 30.6 Å². The van der Waals surface area contributed by atoms with Gasteiger partial charge in [0.15, 0.2) is 11.5 Å². The van der Waals surface area contributed by atoms with Crippen molar-refractivity contribution < 1.29 is 14.3 Å². The van der Waals surface area contributed by atoms with E-state index in [4.69, 9.17) is 14.7 Å². The van der Waals surface area contributed by atoms with Gasteiger partial charge < -0.3 is 14.4 Å². The molecular formula is C20H18N2O3. The second kappa shape index (κ2) is 6.48. The van der Waals surface area contributed by atoms with Crippen LogP contribution in [0.25, 0.3) is 0 Å². The minimum atomic E-state index is 0.00174. The molecule has 2 aromatic rings. The van der Waals surface area contributed by atoms with Crippen LogP contribution in [0.4, 0.5) is 0 Å². The summed E-state index contributed by atoms with van der Waals surface area (Å²) in [4.78, 5) is 14.8. The third kappa shape index (κ3) is 2.91. The average molecular weight is 334 g/mol. The molecule has 0 radical (unpaired) electrons. The molecule has 1 atom stereocenters. The molecule has 1 fully saturated rings. The molecule has 1 amide bonds. The van der Waals surface area contributed by atoms with E-state index in [9.17, 15) is 4.79 Å². The third-order valence-corrected chi connectivity index (χ3v) is 4.73. The number of hydrogen-bond donors (Lipinski definition) is 0. The van der Waals surface area contributed by atoms with Crippen molar-refractivity contribution in [3.63, 3.8) is 0 Å². The lowest BCUT2D eigenvalue weighted by molar-refractivity contribution is 0.0735. The summed E-state index contributed by atoms with van der Waals surface area (Å²) in [7, 11) is 0. The number of nitrogens with zero attached hydrogens (tertiary/aromatic N) is 2. The summed E-state index contributed by atoms with van der Waals surface area (Å²) in [5.74, 6) is 1.52. The molecule has 2 heterocycles. The fourth-order valence-corrected chi connectivity index (χ4v) is 3.48. The molecule has 2 aliphatic heterocycles. The molecule has 0 unspecified atom stereocenters. The van der Waals surface area contributed by atoms with Gasteiger partial charge in [0.05, 0.1) is 17.7 Å². The number of ether oxygens (including phenoxy) is 2. The first-order valence-electron chi connectivity index (χ1n) is 8.47. The van der Waals surface area contributed by atoms with Crippen molar-refractivity contribution in [3.05, 3.63) is 59.2 Å². The molecule has 25 heavy (non-hydrogen) atoms. The lowest BCUT2D eigenvalue weighted by Gasteiger charge is -2.27. The van der Waals surface area contributed by atoms with Gasteiger partial charge in [-0.3, -0.25) is 4.79 Å². The minimum Gasteiger partial charge on any atom is -0.486 e. The highest BCUT2D eigenvalue weighted by Gasteiger charge is 2.31. The fourth-order valence-electron chi connectivity index (χ4n) is 3.48. The molecule has 0 bridgehead atoms. The highest BCUT2D eigenvalue weighted by Crippen LogP contribution is 2.38. The van der Waals surface area contributed by atoms with Gasteiger partial charge in [0, 0.05) is 12.1 Å². The summed E-state index contributed by atoms with van der Waals surface area (Å²) in [5, 5.41) is 8.90. The van der Waals surface area contributed by atoms with Crippen molar-refractivity contribution in [3.8, 4) is 17.6 Å². The highest BCUT2D eigenvalue weighted by molar-refractivity contribution is 5.94. The van der Waals surface area contributed by atoms with Gasteiger partial charge in [0.25, 0.3) is 5.91 Å². The molecule has 0 aromatic heterocycles. The predicted molar refractivity (Wildman–Crippen MR) is 91.6 cm³/mol. The second-order valence-corrected chi connectivity index (χ2v) is 6.25. The van der Waals surface area contributed by atoms with Gasteiger partial charge in [-0.1, -0.05) is 6.07 Å². The number of hydrogen-bond acceptors (Lipinski definition) is 4. The highest BCUT2D eigenvalue weighted by atomic mass is 16.6.